The highest BCUT2D eigenvalue weighted by Gasteiger charge is 2.24. The maximum atomic E-state index is 11.7. The number of morpholine rings is 1. The van der Waals surface area contributed by atoms with Gasteiger partial charge in [0, 0.05) is 26.1 Å². The largest absolute Gasteiger partial charge is 0.481 e. The van der Waals surface area contributed by atoms with E-state index in [1.54, 1.807) is 0 Å². The molecule has 0 aromatic heterocycles. The van der Waals surface area contributed by atoms with Gasteiger partial charge in [0.2, 0.25) is 5.91 Å². The fourth-order valence-corrected chi connectivity index (χ4v) is 2.04. The molecular formula is C13H22N2O6. The standard InChI is InChI=1S/C13H22N2O6/c1-20-13(19)7-10-8-15(5-6-21-10)9-11(16)14-4-2-3-12(17)18/h10H,2-9H2,1H3,(H,14,16)(H,17,18). The van der Waals surface area contributed by atoms with Crippen molar-refractivity contribution in [3.8, 4) is 0 Å². The summed E-state index contributed by atoms with van der Waals surface area (Å²) in [6.45, 7) is 2.15. The molecule has 0 aromatic rings. The van der Waals surface area contributed by atoms with Gasteiger partial charge in [-0.3, -0.25) is 19.3 Å². The van der Waals surface area contributed by atoms with Crippen molar-refractivity contribution in [2.45, 2.75) is 25.4 Å². The lowest BCUT2D eigenvalue weighted by Gasteiger charge is -2.31. The van der Waals surface area contributed by atoms with Gasteiger partial charge in [-0.2, -0.15) is 0 Å². The van der Waals surface area contributed by atoms with E-state index >= 15 is 0 Å². The number of carbonyl (C=O) groups excluding carboxylic acids is 2. The Balaban J connectivity index is 2.22. The molecule has 8 heteroatoms. The maximum Gasteiger partial charge on any atom is 0.308 e. The van der Waals surface area contributed by atoms with Crippen molar-refractivity contribution in [2.75, 3.05) is 39.9 Å². The molecule has 1 rings (SSSR count). The van der Waals surface area contributed by atoms with Crippen LogP contribution >= 0.6 is 0 Å². The van der Waals surface area contributed by atoms with Crippen molar-refractivity contribution in [2.24, 2.45) is 0 Å². The summed E-state index contributed by atoms with van der Waals surface area (Å²) in [5, 5.41) is 11.2. The van der Waals surface area contributed by atoms with Crippen LogP contribution in [0.15, 0.2) is 0 Å². The van der Waals surface area contributed by atoms with E-state index in [9.17, 15) is 14.4 Å². The van der Waals surface area contributed by atoms with Gasteiger partial charge < -0.3 is 19.9 Å². The van der Waals surface area contributed by atoms with E-state index in [4.69, 9.17) is 9.84 Å². The summed E-state index contributed by atoms with van der Waals surface area (Å²) < 4.78 is 10.0. The molecule has 0 aliphatic carbocycles. The molecule has 1 aliphatic heterocycles. The number of methoxy groups -OCH3 is 1. The zero-order valence-electron chi connectivity index (χ0n) is 12.2. The van der Waals surface area contributed by atoms with Gasteiger partial charge in [-0.05, 0) is 6.42 Å². The molecule has 1 saturated heterocycles. The Hall–Kier alpha value is -1.67. The van der Waals surface area contributed by atoms with E-state index in [2.05, 4.69) is 10.1 Å². The van der Waals surface area contributed by atoms with Crippen molar-refractivity contribution in [3.05, 3.63) is 0 Å². The molecule has 21 heavy (non-hydrogen) atoms. The van der Waals surface area contributed by atoms with E-state index in [-0.39, 0.29) is 37.4 Å². The average Bonchev–Trinajstić information content (AvgIpc) is 2.43. The number of rotatable bonds is 8. The van der Waals surface area contributed by atoms with Crippen LogP contribution in [0.5, 0.6) is 0 Å². The van der Waals surface area contributed by atoms with E-state index in [1.807, 2.05) is 4.90 Å². The van der Waals surface area contributed by atoms with Gasteiger partial charge in [-0.25, -0.2) is 0 Å². The van der Waals surface area contributed by atoms with E-state index in [0.717, 1.165) is 0 Å². The van der Waals surface area contributed by atoms with Gasteiger partial charge in [0.15, 0.2) is 0 Å². The van der Waals surface area contributed by atoms with Crippen molar-refractivity contribution in [3.63, 3.8) is 0 Å². The minimum absolute atomic E-state index is 0.0407. The second-order valence-corrected chi connectivity index (χ2v) is 4.86. The smallest absolute Gasteiger partial charge is 0.308 e. The van der Waals surface area contributed by atoms with Crippen LogP contribution in [0.1, 0.15) is 19.3 Å². The number of carbonyl (C=O) groups is 3. The lowest BCUT2D eigenvalue weighted by molar-refractivity contribution is -0.146. The van der Waals surface area contributed by atoms with E-state index in [1.165, 1.54) is 7.11 Å². The van der Waals surface area contributed by atoms with Crippen LogP contribution in [0.25, 0.3) is 0 Å². The zero-order chi connectivity index (χ0) is 15.7. The zero-order valence-corrected chi connectivity index (χ0v) is 12.2. The molecule has 0 aromatic carbocycles. The third kappa shape index (κ3) is 7.62. The van der Waals surface area contributed by atoms with Crippen molar-refractivity contribution < 1.29 is 29.0 Å². The number of aliphatic carboxylic acids is 1. The number of carboxylic acids is 1. The van der Waals surface area contributed by atoms with Crippen LogP contribution in [0.2, 0.25) is 0 Å². The lowest BCUT2D eigenvalue weighted by Crippen LogP contribution is -2.47. The number of ether oxygens (including phenoxy) is 2. The van der Waals surface area contributed by atoms with Gasteiger partial charge >= 0.3 is 11.9 Å². The monoisotopic (exact) mass is 302 g/mol. The second kappa shape index (κ2) is 9.30. The van der Waals surface area contributed by atoms with Crippen LogP contribution < -0.4 is 5.32 Å². The van der Waals surface area contributed by atoms with Crippen LogP contribution in [0, 0.1) is 0 Å². The number of hydrogen-bond acceptors (Lipinski definition) is 6. The van der Waals surface area contributed by atoms with Crippen molar-refractivity contribution in [1.82, 2.24) is 10.2 Å². The van der Waals surface area contributed by atoms with Gasteiger partial charge in [0.05, 0.1) is 32.8 Å². The Kier molecular flexibility index (Phi) is 7.70. The summed E-state index contributed by atoms with van der Waals surface area (Å²) in [4.78, 5) is 35.1. The van der Waals surface area contributed by atoms with Crippen molar-refractivity contribution in [1.29, 1.82) is 0 Å². The number of nitrogens with zero attached hydrogens (tertiary/aromatic N) is 1. The minimum atomic E-state index is -0.872. The highest BCUT2D eigenvalue weighted by molar-refractivity contribution is 5.78. The van der Waals surface area contributed by atoms with Gasteiger partial charge in [0.25, 0.3) is 0 Å². The van der Waals surface area contributed by atoms with Crippen molar-refractivity contribution >= 4 is 17.8 Å². The molecule has 0 radical (unpaired) electrons. The Morgan fingerprint density at radius 1 is 1.43 bits per heavy atom. The van der Waals surface area contributed by atoms with Gasteiger partial charge in [-0.1, -0.05) is 0 Å². The summed E-state index contributed by atoms with van der Waals surface area (Å²) in [5.74, 6) is -1.36. The lowest BCUT2D eigenvalue weighted by atomic mass is 10.2. The minimum Gasteiger partial charge on any atom is -0.481 e. The Bertz CT molecular complexity index is 374. The predicted molar refractivity (Wildman–Crippen MR) is 72.7 cm³/mol. The SMILES string of the molecule is COC(=O)CC1CN(CC(=O)NCCCC(=O)O)CCO1. The number of hydrogen-bond donors (Lipinski definition) is 2. The molecule has 2 N–H and O–H groups in total. The quantitative estimate of drug-likeness (QED) is 0.448. The third-order valence-corrected chi connectivity index (χ3v) is 3.10. The summed E-state index contributed by atoms with van der Waals surface area (Å²) in [6, 6.07) is 0. The van der Waals surface area contributed by atoms with Crippen LogP contribution in [-0.4, -0.2) is 73.9 Å². The Labute approximate surface area is 123 Å². The molecule has 0 bridgehead atoms. The van der Waals surface area contributed by atoms with E-state index in [0.29, 0.717) is 32.7 Å². The first-order valence-electron chi connectivity index (χ1n) is 6.90. The first kappa shape index (κ1) is 17.4. The molecule has 0 saturated carbocycles. The van der Waals surface area contributed by atoms with Crippen LogP contribution in [0.4, 0.5) is 0 Å². The summed E-state index contributed by atoms with van der Waals surface area (Å²) in [7, 11) is 1.33. The first-order valence-corrected chi connectivity index (χ1v) is 6.90. The number of esters is 1. The third-order valence-electron chi connectivity index (χ3n) is 3.10. The van der Waals surface area contributed by atoms with Gasteiger partial charge in [0.1, 0.15) is 0 Å². The maximum absolute atomic E-state index is 11.7. The predicted octanol–water partition coefficient (Wildman–Crippen LogP) is -0.769. The number of carboxylic acid groups (broad SMARTS) is 1. The number of amides is 1. The molecule has 1 atom stereocenters. The summed E-state index contributed by atoms with van der Waals surface area (Å²) >= 11 is 0. The highest BCUT2D eigenvalue weighted by atomic mass is 16.5. The molecule has 8 nitrogen and oxygen atoms in total. The summed E-state index contributed by atoms with van der Waals surface area (Å²) in [5.41, 5.74) is 0. The number of nitrogens with one attached hydrogen (secondary N) is 1. The van der Waals surface area contributed by atoms with Gasteiger partial charge in [-0.15, -0.1) is 0 Å². The van der Waals surface area contributed by atoms with E-state index < -0.39 is 5.97 Å². The average molecular weight is 302 g/mol. The molecular weight excluding hydrogens is 280 g/mol. The van der Waals surface area contributed by atoms with Crippen LogP contribution in [0.3, 0.4) is 0 Å². The second-order valence-electron chi connectivity index (χ2n) is 4.86. The molecule has 1 amide bonds. The van der Waals surface area contributed by atoms with Crippen LogP contribution in [-0.2, 0) is 23.9 Å². The fraction of sp³-hybridized carbons (Fsp3) is 0.769. The Morgan fingerprint density at radius 2 is 2.19 bits per heavy atom. The fourth-order valence-electron chi connectivity index (χ4n) is 2.04. The summed E-state index contributed by atoms with van der Waals surface area (Å²) in [6.07, 6.45) is 0.368. The molecule has 1 heterocycles. The molecule has 0 spiro atoms. The highest BCUT2D eigenvalue weighted by Crippen LogP contribution is 2.09. The Morgan fingerprint density at radius 3 is 2.86 bits per heavy atom. The normalized spacial score (nSPS) is 19.0. The molecule has 120 valence electrons. The first-order chi connectivity index (χ1) is 10.0. The molecule has 1 aliphatic rings. The molecule has 1 fully saturated rings. The molecule has 1 unspecified atom stereocenters. The topological polar surface area (TPSA) is 105 Å².